The van der Waals surface area contributed by atoms with Crippen LogP contribution in [0.15, 0.2) is 46.9 Å². The molecular formula is C13H8BrFN2O3. The topological polar surface area (TPSA) is 72.2 Å². The number of anilines is 1. The monoisotopic (exact) mass is 338 g/mol. The standard InChI is InChI=1S/C13H8BrFN2O3/c14-9-2-1-3-10(7-9)16-13(18)8-4-5-11(15)12(6-8)17(19)20/h1-7H,(H,16,18). The molecule has 0 unspecified atom stereocenters. The van der Waals surface area contributed by atoms with Crippen LogP contribution in [0.4, 0.5) is 15.8 Å². The summed E-state index contributed by atoms with van der Waals surface area (Å²) in [6.45, 7) is 0. The van der Waals surface area contributed by atoms with Crippen molar-refractivity contribution in [3.63, 3.8) is 0 Å². The fourth-order valence-corrected chi connectivity index (χ4v) is 1.96. The van der Waals surface area contributed by atoms with Crippen LogP contribution in [-0.4, -0.2) is 10.8 Å². The minimum absolute atomic E-state index is 0.0121. The van der Waals surface area contributed by atoms with Crippen LogP contribution in [0.1, 0.15) is 10.4 Å². The number of carbonyl (C=O) groups is 1. The molecule has 0 atom stereocenters. The molecule has 0 fully saturated rings. The Hall–Kier alpha value is -2.28. The van der Waals surface area contributed by atoms with E-state index in [-0.39, 0.29) is 5.56 Å². The minimum Gasteiger partial charge on any atom is -0.322 e. The lowest BCUT2D eigenvalue weighted by molar-refractivity contribution is -0.387. The van der Waals surface area contributed by atoms with Crippen LogP contribution >= 0.6 is 15.9 Å². The molecule has 2 aromatic carbocycles. The molecule has 20 heavy (non-hydrogen) atoms. The molecule has 0 aromatic heterocycles. The van der Waals surface area contributed by atoms with Gasteiger partial charge in [0.2, 0.25) is 5.82 Å². The van der Waals surface area contributed by atoms with Gasteiger partial charge in [-0.25, -0.2) is 0 Å². The molecule has 102 valence electrons. The molecule has 0 radical (unpaired) electrons. The summed E-state index contributed by atoms with van der Waals surface area (Å²) in [5.74, 6) is -1.53. The van der Waals surface area contributed by atoms with Crippen LogP contribution in [0.25, 0.3) is 0 Å². The van der Waals surface area contributed by atoms with E-state index >= 15 is 0 Å². The number of amides is 1. The number of hydrogen-bond acceptors (Lipinski definition) is 3. The Kier molecular flexibility index (Phi) is 4.09. The van der Waals surface area contributed by atoms with Gasteiger partial charge in [0.25, 0.3) is 5.91 Å². The maximum atomic E-state index is 13.2. The highest BCUT2D eigenvalue weighted by molar-refractivity contribution is 9.10. The van der Waals surface area contributed by atoms with E-state index in [4.69, 9.17) is 0 Å². The summed E-state index contributed by atoms with van der Waals surface area (Å²) in [6.07, 6.45) is 0. The van der Waals surface area contributed by atoms with Crippen molar-refractivity contribution < 1.29 is 14.1 Å². The van der Waals surface area contributed by atoms with Crippen LogP contribution in [-0.2, 0) is 0 Å². The summed E-state index contributed by atoms with van der Waals surface area (Å²) in [5, 5.41) is 13.2. The van der Waals surface area contributed by atoms with E-state index < -0.39 is 22.3 Å². The van der Waals surface area contributed by atoms with Crippen molar-refractivity contribution >= 4 is 33.2 Å². The highest BCUT2D eigenvalue weighted by atomic mass is 79.9. The third kappa shape index (κ3) is 3.18. The van der Waals surface area contributed by atoms with Crippen LogP contribution < -0.4 is 5.32 Å². The minimum atomic E-state index is -0.978. The van der Waals surface area contributed by atoms with Crippen LogP contribution in [0, 0.1) is 15.9 Å². The number of carbonyl (C=O) groups excluding carboxylic acids is 1. The molecule has 2 rings (SSSR count). The average molecular weight is 339 g/mol. The van der Waals surface area contributed by atoms with Crippen LogP contribution in [0.5, 0.6) is 0 Å². The lowest BCUT2D eigenvalue weighted by Gasteiger charge is -2.05. The SMILES string of the molecule is O=C(Nc1cccc(Br)c1)c1ccc(F)c([N+](=O)[O-])c1. The highest BCUT2D eigenvalue weighted by Gasteiger charge is 2.17. The maximum Gasteiger partial charge on any atom is 0.305 e. The molecule has 0 aliphatic carbocycles. The number of rotatable bonds is 3. The second kappa shape index (κ2) is 5.79. The average Bonchev–Trinajstić information content (AvgIpc) is 2.38. The van der Waals surface area contributed by atoms with Crippen molar-refractivity contribution in [1.29, 1.82) is 0 Å². The largest absolute Gasteiger partial charge is 0.322 e. The van der Waals surface area contributed by atoms with Crippen molar-refractivity contribution in [2.75, 3.05) is 5.32 Å². The van der Waals surface area contributed by atoms with E-state index in [0.29, 0.717) is 5.69 Å². The Morgan fingerprint density at radius 3 is 2.65 bits per heavy atom. The number of nitrogens with zero attached hydrogens (tertiary/aromatic N) is 1. The molecule has 2 aromatic rings. The van der Waals surface area contributed by atoms with Gasteiger partial charge in [-0.1, -0.05) is 22.0 Å². The van der Waals surface area contributed by atoms with Gasteiger partial charge in [0.15, 0.2) is 0 Å². The fourth-order valence-electron chi connectivity index (χ4n) is 1.56. The number of nitrogens with one attached hydrogen (secondary N) is 1. The molecule has 1 amide bonds. The molecule has 5 nitrogen and oxygen atoms in total. The quantitative estimate of drug-likeness (QED) is 0.684. The van der Waals surface area contributed by atoms with Gasteiger partial charge >= 0.3 is 5.69 Å². The first kappa shape index (κ1) is 14.1. The number of hydrogen-bond donors (Lipinski definition) is 1. The van der Waals surface area contributed by atoms with Crippen molar-refractivity contribution in [1.82, 2.24) is 0 Å². The lowest BCUT2D eigenvalue weighted by atomic mass is 10.1. The third-order valence-corrected chi connectivity index (χ3v) is 2.98. The van der Waals surface area contributed by atoms with Gasteiger partial charge in [-0.3, -0.25) is 14.9 Å². The molecular weight excluding hydrogens is 331 g/mol. The zero-order valence-electron chi connectivity index (χ0n) is 9.97. The zero-order valence-corrected chi connectivity index (χ0v) is 11.6. The first-order valence-electron chi connectivity index (χ1n) is 5.48. The first-order valence-corrected chi connectivity index (χ1v) is 6.27. The molecule has 0 aliphatic heterocycles. The first-order chi connectivity index (χ1) is 9.47. The van der Waals surface area contributed by atoms with Gasteiger partial charge in [-0.15, -0.1) is 0 Å². The molecule has 1 N–H and O–H groups in total. The number of nitro benzene ring substituents is 1. The summed E-state index contributed by atoms with van der Waals surface area (Å²) in [6, 6.07) is 9.86. The molecule has 0 saturated carbocycles. The normalized spacial score (nSPS) is 10.1. The van der Waals surface area contributed by atoms with E-state index in [0.717, 1.165) is 16.6 Å². The third-order valence-electron chi connectivity index (χ3n) is 2.49. The van der Waals surface area contributed by atoms with Crippen LogP contribution in [0.3, 0.4) is 0 Å². The smallest absolute Gasteiger partial charge is 0.305 e. The Bertz CT molecular complexity index is 691. The van der Waals surface area contributed by atoms with Gasteiger partial charge < -0.3 is 5.32 Å². The molecule has 0 bridgehead atoms. The summed E-state index contributed by atoms with van der Waals surface area (Å²) in [5.41, 5.74) is -0.193. The van der Waals surface area contributed by atoms with Crippen molar-refractivity contribution in [2.45, 2.75) is 0 Å². The molecule has 0 aliphatic rings. The van der Waals surface area contributed by atoms with Gasteiger partial charge in [-0.05, 0) is 30.3 Å². The van der Waals surface area contributed by atoms with Gasteiger partial charge in [0.1, 0.15) is 0 Å². The Morgan fingerprint density at radius 2 is 2.00 bits per heavy atom. The summed E-state index contributed by atoms with van der Waals surface area (Å²) >= 11 is 3.26. The molecule has 0 saturated heterocycles. The van der Waals surface area contributed by atoms with Crippen molar-refractivity contribution in [3.8, 4) is 0 Å². The number of halogens is 2. The summed E-state index contributed by atoms with van der Waals surface area (Å²) < 4.78 is 14.0. The Labute approximate surface area is 121 Å². The van der Waals surface area contributed by atoms with E-state index in [1.165, 1.54) is 6.07 Å². The van der Waals surface area contributed by atoms with E-state index in [2.05, 4.69) is 21.2 Å². The Balaban J connectivity index is 2.26. The predicted molar refractivity (Wildman–Crippen MR) is 75.1 cm³/mol. The van der Waals surface area contributed by atoms with Crippen LogP contribution in [0.2, 0.25) is 0 Å². The maximum absolute atomic E-state index is 13.2. The molecule has 0 heterocycles. The van der Waals surface area contributed by atoms with Gasteiger partial charge in [0.05, 0.1) is 4.92 Å². The van der Waals surface area contributed by atoms with Gasteiger partial charge in [-0.2, -0.15) is 4.39 Å². The molecule has 0 spiro atoms. The second-order valence-corrected chi connectivity index (χ2v) is 4.80. The van der Waals surface area contributed by atoms with Gasteiger partial charge in [0, 0.05) is 21.8 Å². The number of benzene rings is 2. The van der Waals surface area contributed by atoms with Crippen molar-refractivity contribution in [2.24, 2.45) is 0 Å². The van der Waals surface area contributed by atoms with E-state index in [1.807, 2.05) is 0 Å². The lowest BCUT2D eigenvalue weighted by Crippen LogP contribution is -2.12. The second-order valence-electron chi connectivity index (χ2n) is 3.89. The highest BCUT2D eigenvalue weighted by Crippen LogP contribution is 2.20. The fraction of sp³-hybridized carbons (Fsp3) is 0. The van der Waals surface area contributed by atoms with E-state index in [1.54, 1.807) is 24.3 Å². The van der Waals surface area contributed by atoms with E-state index in [9.17, 15) is 19.3 Å². The Morgan fingerprint density at radius 1 is 1.25 bits per heavy atom. The summed E-state index contributed by atoms with van der Waals surface area (Å²) in [4.78, 5) is 21.7. The van der Waals surface area contributed by atoms with Crippen molar-refractivity contribution in [3.05, 3.63) is 68.4 Å². The zero-order chi connectivity index (χ0) is 14.7. The summed E-state index contributed by atoms with van der Waals surface area (Å²) in [7, 11) is 0. The predicted octanol–water partition coefficient (Wildman–Crippen LogP) is 3.75. The number of nitro groups is 1. The molecule has 7 heteroatoms.